The van der Waals surface area contributed by atoms with Crippen LogP contribution in [0.2, 0.25) is 0 Å². The number of nitrogen functional groups attached to an aromatic ring is 2. The van der Waals surface area contributed by atoms with Gasteiger partial charge in [0.25, 0.3) is 0 Å². The maximum Gasteiger partial charge on any atom is 0.323 e. The molecule has 2 aliphatic rings. The largest absolute Gasteiger partial charge is 0.476 e. The van der Waals surface area contributed by atoms with E-state index in [2.05, 4.69) is 29.9 Å². The third-order valence-electron chi connectivity index (χ3n) is 7.08. The lowest BCUT2D eigenvalue weighted by Crippen LogP contribution is -2.23. The van der Waals surface area contributed by atoms with E-state index in [9.17, 15) is 4.57 Å². The van der Waals surface area contributed by atoms with Crippen LogP contribution in [0.15, 0.2) is 12.7 Å². The second-order valence-electron chi connectivity index (χ2n) is 10.2. The van der Waals surface area contributed by atoms with E-state index < -0.39 is 19.5 Å². The Kier molecular flexibility index (Phi) is 7.85. The smallest absolute Gasteiger partial charge is 0.323 e. The van der Waals surface area contributed by atoms with E-state index in [1.807, 2.05) is 23.0 Å². The number of hydrogen-bond acceptors (Lipinski definition) is 15. The second kappa shape index (κ2) is 11.6. The number of fused-ring (bicyclic) bond motifs is 2. The zero-order chi connectivity index (χ0) is 29.3. The van der Waals surface area contributed by atoms with Crippen molar-refractivity contribution in [1.82, 2.24) is 39.0 Å². The molecule has 17 nitrogen and oxygen atoms in total. The van der Waals surface area contributed by atoms with Crippen LogP contribution in [0.1, 0.15) is 39.5 Å². The molecule has 226 valence electrons. The van der Waals surface area contributed by atoms with E-state index in [0.29, 0.717) is 60.4 Å². The van der Waals surface area contributed by atoms with Crippen LogP contribution in [-0.4, -0.2) is 77.0 Å². The van der Waals surface area contributed by atoms with E-state index in [1.54, 1.807) is 12.7 Å². The molecule has 0 atom stereocenters. The minimum Gasteiger partial charge on any atom is -0.476 e. The molecule has 2 saturated carbocycles. The summed E-state index contributed by atoms with van der Waals surface area (Å²) in [6.45, 7) is 5.11. The number of imidazole rings is 2. The fourth-order valence-corrected chi connectivity index (χ4v) is 5.01. The van der Waals surface area contributed by atoms with Gasteiger partial charge in [0.15, 0.2) is 35.9 Å². The van der Waals surface area contributed by atoms with Crippen molar-refractivity contribution in [2.45, 2.75) is 63.8 Å². The molecule has 0 aliphatic heterocycles. The molecule has 0 spiro atoms. The Labute approximate surface area is 240 Å². The standard InChI is InChI=1S/C24H33N10O7P/c1-3-36-19-15-17(29-21(25)31-19)33(11-27-15)9-23(5-6-23)38-13-40-42(35)41-14-39-24(7-8-24)10-34-12-28-16-18(34)30-22(26)32-20(16)37-4-2/h11-12,42H,3-10,13-14H2,1-2H3,(H2,25,29,31)(H2,26,30,32). The van der Waals surface area contributed by atoms with Gasteiger partial charge in [0.05, 0.1) is 50.2 Å². The summed E-state index contributed by atoms with van der Waals surface area (Å²) in [5.41, 5.74) is 12.9. The SMILES string of the molecule is CCOc1nc(N)nc2c1ncn2CC1(OCO[PH](=O)OCOC2(Cn3cnc4c(OCC)nc(N)nc43)CC2)CC1. The predicted molar refractivity (Wildman–Crippen MR) is 149 cm³/mol. The van der Waals surface area contributed by atoms with Crippen LogP contribution in [0.25, 0.3) is 22.3 Å². The van der Waals surface area contributed by atoms with Gasteiger partial charge in [-0.3, -0.25) is 13.6 Å². The number of anilines is 2. The Balaban J connectivity index is 0.971. The summed E-state index contributed by atoms with van der Waals surface area (Å²) < 4.78 is 49.6. The van der Waals surface area contributed by atoms with Gasteiger partial charge in [-0.2, -0.15) is 19.9 Å². The number of ether oxygens (including phenoxy) is 4. The lowest BCUT2D eigenvalue weighted by Gasteiger charge is -2.19. The second-order valence-corrected chi connectivity index (χ2v) is 11.2. The molecule has 18 heteroatoms. The topological polar surface area (TPSA) is 212 Å². The van der Waals surface area contributed by atoms with Crippen molar-refractivity contribution < 1.29 is 32.6 Å². The molecular weight excluding hydrogens is 571 g/mol. The van der Waals surface area contributed by atoms with Crippen LogP contribution < -0.4 is 20.9 Å². The molecule has 2 aliphatic carbocycles. The molecule has 42 heavy (non-hydrogen) atoms. The Bertz CT molecular complexity index is 1490. The highest BCUT2D eigenvalue weighted by Crippen LogP contribution is 2.44. The molecule has 0 radical (unpaired) electrons. The summed E-state index contributed by atoms with van der Waals surface area (Å²) in [6.07, 6.45) is 6.49. The zero-order valence-electron chi connectivity index (χ0n) is 23.3. The van der Waals surface area contributed by atoms with Gasteiger partial charge in [0.2, 0.25) is 23.7 Å². The first-order valence-electron chi connectivity index (χ1n) is 13.6. The minimum atomic E-state index is -2.85. The highest BCUT2D eigenvalue weighted by atomic mass is 31.1. The highest BCUT2D eigenvalue weighted by molar-refractivity contribution is 7.33. The monoisotopic (exact) mass is 604 g/mol. The fourth-order valence-electron chi connectivity index (χ4n) is 4.62. The van der Waals surface area contributed by atoms with Gasteiger partial charge in [-0.15, -0.1) is 0 Å². The number of aromatic nitrogens is 8. The molecule has 0 aromatic carbocycles. The molecule has 0 amide bonds. The first-order chi connectivity index (χ1) is 20.3. The molecule has 6 rings (SSSR count). The molecule has 4 N–H and O–H groups in total. The van der Waals surface area contributed by atoms with E-state index in [1.165, 1.54) is 0 Å². The van der Waals surface area contributed by atoms with Gasteiger partial charge in [0, 0.05) is 0 Å². The molecule has 0 saturated heterocycles. The molecular formula is C24H33N10O7P. The van der Waals surface area contributed by atoms with Crippen LogP contribution in [0, 0.1) is 0 Å². The quantitative estimate of drug-likeness (QED) is 0.138. The van der Waals surface area contributed by atoms with Crippen LogP contribution in [0.3, 0.4) is 0 Å². The van der Waals surface area contributed by atoms with E-state index in [0.717, 1.165) is 25.7 Å². The van der Waals surface area contributed by atoms with Gasteiger partial charge < -0.3 is 39.5 Å². The number of nitrogens with zero attached hydrogens (tertiary/aromatic N) is 8. The van der Waals surface area contributed by atoms with Crippen molar-refractivity contribution in [2.24, 2.45) is 0 Å². The van der Waals surface area contributed by atoms with Crippen molar-refractivity contribution in [3.63, 3.8) is 0 Å². The molecule has 2 fully saturated rings. The molecule has 4 aromatic rings. The summed E-state index contributed by atoms with van der Waals surface area (Å²) in [7, 11) is -2.85. The average molecular weight is 605 g/mol. The lowest BCUT2D eigenvalue weighted by atomic mass is 10.3. The van der Waals surface area contributed by atoms with Crippen molar-refractivity contribution >= 4 is 42.5 Å². The van der Waals surface area contributed by atoms with E-state index in [-0.39, 0.29) is 25.5 Å². The van der Waals surface area contributed by atoms with Gasteiger partial charge >= 0.3 is 8.25 Å². The number of nitrogens with two attached hydrogens (primary N) is 2. The first kappa shape index (κ1) is 28.5. The molecule has 4 heterocycles. The number of hydrogen-bond donors (Lipinski definition) is 2. The zero-order valence-corrected chi connectivity index (χ0v) is 24.3. The highest BCUT2D eigenvalue weighted by Gasteiger charge is 2.46. The average Bonchev–Trinajstić information content (AvgIpc) is 3.81. The summed E-state index contributed by atoms with van der Waals surface area (Å²) in [6, 6.07) is 0. The van der Waals surface area contributed by atoms with Gasteiger partial charge in [0.1, 0.15) is 0 Å². The van der Waals surface area contributed by atoms with E-state index >= 15 is 0 Å². The third-order valence-corrected chi connectivity index (χ3v) is 7.78. The Morgan fingerprint density at radius 1 is 0.762 bits per heavy atom. The van der Waals surface area contributed by atoms with Crippen molar-refractivity contribution in [2.75, 3.05) is 38.3 Å². The van der Waals surface area contributed by atoms with Crippen molar-refractivity contribution in [1.29, 1.82) is 0 Å². The van der Waals surface area contributed by atoms with Crippen LogP contribution in [-0.2, 0) is 36.2 Å². The third kappa shape index (κ3) is 6.10. The summed E-state index contributed by atoms with van der Waals surface area (Å²) in [5, 5.41) is 0. The summed E-state index contributed by atoms with van der Waals surface area (Å²) in [5.74, 6) is 0.874. The Morgan fingerprint density at radius 2 is 1.19 bits per heavy atom. The summed E-state index contributed by atoms with van der Waals surface area (Å²) in [4.78, 5) is 25.6. The maximum atomic E-state index is 12.4. The molecule has 0 unspecified atom stereocenters. The van der Waals surface area contributed by atoms with Crippen LogP contribution in [0.5, 0.6) is 11.8 Å². The normalized spacial score (nSPS) is 16.8. The van der Waals surface area contributed by atoms with Crippen LogP contribution in [0.4, 0.5) is 11.9 Å². The van der Waals surface area contributed by atoms with Gasteiger partial charge in [-0.1, -0.05) is 0 Å². The van der Waals surface area contributed by atoms with Crippen molar-refractivity contribution in [3.8, 4) is 11.8 Å². The summed E-state index contributed by atoms with van der Waals surface area (Å²) >= 11 is 0. The first-order valence-corrected chi connectivity index (χ1v) is 14.8. The fraction of sp³-hybridized carbons (Fsp3) is 0.583. The lowest BCUT2D eigenvalue weighted by molar-refractivity contribution is -0.0808. The Hall–Kier alpha value is -3.63. The van der Waals surface area contributed by atoms with Crippen molar-refractivity contribution in [3.05, 3.63) is 12.7 Å². The number of rotatable bonds is 16. The maximum absolute atomic E-state index is 12.4. The van der Waals surface area contributed by atoms with Gasteiger partial charge in [-0.05, 0) is 39.5 Å². The van der Waals surface area contributed by atoms with Gasteiger partial charge in [-0.25, -0.2) is 9.97 Å². The Morgan fingerprint density at radius 3 is 1.57 bits per heavy atom. The van der Waals surface area contributed by atoms with Crippen LogP contribution >= 0.6 is 8.25 Å². The molecule has 0 bridgehead atoms. The molecule has 4 aromatic heterocycles. The minimum absolute atomic E-state index is 0.0977. The van der Waals surface area contributed by atoms with E-state index in [4.69, 9.17) is 39.5 Å². The predicted octanol–water partition coefficient (Wildman–Crippen LogP) is 2.06.